The fourth-order valence-corrected chi connectivity index (χ4v) is 4.74. The number of carbonyl (C=O) groups is 4. The van der Waals surface area contributed by atoms with E-state index in [1.807, 2.05) is 18.2 Å². The Balaban J connectivity index is 1.37. The van der Waals surface area contributed by atoms with E-state index in [1.54, 1.807) is 18.3 Å². The smallest absolute Gasteiger partial charge is 0.355 e. The Bertz CT molecular complexity index is 1410. The highest BCUT2D eigenvalue weighted by molar-refractivity contribution is 7.14. The summed E-state index contributed by atoms with van der Waals surface area (Å²) in [5.41, 5.74) is 1.24. The van der Waals surface area contributed by atoms with Crippen molar-refractivity contribution < 1.29 is 33.8 Å². The molecule has 1 aliphatic carbocycles. The average Bonchev–Trinajstić information content (AvgIpc) is 3.52. The molecule has 4 amide bonds. The Hall–Kier alpha value is -4.78. The van der Waals surface area contributed by atoms with Crippen molar-refractivity contribution in [3.05, 3.63) is 89.0 Å². The Kier molecular flexibility index (Phi) is 7.00. The molecule has 2 atom stereocenters. The van der Waals surface area contributed by atoms with Crippen LogP contribution in [0.15, 0.2) is 77.8 Å². The molecule has 1 saturated heterocycles. The van der Waals surface area contributed by atoms with Gasteiger partial charge in [-0.2, -0.15) is 0 Å². The third kappa shape index (κ3) is 5.18. The number of anilines is 1. The number of thiazole rings is 1. The van der Waals surface area contributed by atoms with Crippen molar-refractivity contribution in [2.45, 2.75) is 31.3 Å². The van der Waals surface area contributed by atoms with Crippen LogP contribution in [0.1, 0.15) is 28.9 Å². The molecule has 2 aliphatic heterocycles. The van der Waals surface area contributed by atoms with Crippen molar-refractivity contribution in [1.82, 2.24) is 20.2 Å². The summed E-state index contributed by atoms with van der Waals surface area (Å²) in [6.45, 7) is 0. The normalized spacial score (nSPS) is 19.4. The quantitative estimate of drug-likeness (QED) is 0.432. The fraction of sp³-hybridized carbons (Fsp3) is 0.200. The maximum atomic E-state index is 13.5. The lowest BCUT2D eigenvalue weighted by molar-refractivity contribution is -0.134. The van der Waals surface area contributed by atoms with Gasteiger partial charge in [0.05, 0.1) is 0 Å². The predicted molar refractivity (Wildman–Crippen MR) is 133 cm³/mol. The zero-order valence-electron chi connectivity index (χ0n) is 19.7. The molecule has 1 unspecified atom stereocenters. The Morgan fingerprint density at radius 3 is 2.89 bits per heavy atom. The van der Waals surface area contributed by atoms with E-state index in [2.05, 4.69) is 20.6 Å². The number of nitrogens with one attached hydrogen (secondary N) is 2. The number of nitrogens with zero attached hydrogens (tertiary/aromatic N) is 3. The van der Waals surface area contributed by atoms with E-state index in [1.165, 1.54) is 24.1 Å². The molecule has 0 bridgehead atoms. The second-order valence-corrected chi connectivity index (χ2v) is 9.26. The van der Waals surface area contributed by atoms with Crippen LogP contribution >= 0.6 is 11.3 Å². The first-order valence-corrected chi connectivity index (χ1v) is 12.4. The minimum absolute atomic E-state index is 0.0171. The zero-order valence-corrected chi connectivity index (χ0v) is 20.5. The summed E-state index contributed by atoms with van der Waals surface area (Å²) in [5, 5.41) is 15.5. The number of carboxylic acid groups (broad SMARTS) is 1. The topological polar surface area (TPSA) is 160 Å². The number of amides is 4. The molecule has 1 fully saturated rings. The summed E-state index contributed by atoms with van der Waals surface area (Å²) in [7, 11) is 0. The number of aromatic nitrogens is 2. The molecular formula is C25H21N5O7S. The van der Waals surface area contributed by atoms with Crippen LogP contribution in [-0.2, 0) is 25.5 Å². The number of carbonyl (C=O) groups excluding carboxylic acids is 3. The molecule has 0 saturated carbocycles. The van der Waals surface area contributed by atoms with E-state index < -0.39 is 35.9 Å². The molecule has 2 aromatic heterocycles. The van der Waals surface area contributed by atoms with Crippen LogP contribution in [0.3, 0.4) is 0 Å². The first-order valence-electron chi connectivity index (χ1n) is 11.5. The third-order valence-electron chi connectivity index (χ3n) is 5.89. The van der Waals surface area contributed by atoms with Crippen LogP contribution in [0.25, 0.3) is 0 Å². The number of ether oxygens (including phenoxy) is 2. The SMILES string of the molecule is O=C(O)c1csc(NC(=O)[C@H](Cc2cccnc2)N2C(=O)NC(C3=COC=C(C4=CC=CCC4)O3)C2=O)n1. The lowest BCUT2D eigenvalue weighted by Crippen LogP contribution is -2.49. The Labute approximate surface area is 220 Å². The average molecular weight is 536 g/mol. The van der Waals surface area contributed by atoms with Gasteiger partial charge >= 0.3 is 12.0 Å². The van der Waals surface area contributed by atoms with Crippen molar-refractivity contribution in [3.8, 4) is 0 Å². The molecule has 12 nitrogen and oxygen atoms in total. The van der Waals surface area contributed by atoms with Gasteiger partial charge < -0.3 is 25.2 Å². The van der Waals surface area contributed by atoms with Gasteiger partial charge in [0.25, 0.3) is 5.91 Å². The molecule has 13 heteroatoms. The number of carboxylic acids is 1. The summed E-state index contributed by atoms with van der Waals surface area (Å²) >= 11 is 0.909. The summed E-state index contributed by atoms with van der Waals surface area (Å²) in [6, 6.07) is 0.0719. The highest BCUT2D eigenvalue weighted by Gasteiger charge is 2.47. The van der Waals surface area contributed by atoms with E-state index in [0.717, 1.165) is 34.7 Å². The van der Waals surface area contributed by atoms with E-state index in [-0.39, 0.29) is 23.0 Å². The van der Waals surface area contributed by atoms with Gasteiger partial charge in [-0.05, 0) is 30.0 Å². The Morgan fingerprint density at radius 2 is 2.18 bits per heavy atom. The number of imide groups is 1. The molecule has 3 N–H and O–H groups in total. The predicted octanol–water partition coefficient (Wildman–Crippen LogP) is 2.71. The third-order valence-corrected chi connectivity index (χ3v) is 6.65. The minimum Gasteiger partial charge on any atom is -0.476 e. The lowest BCUT2D eigenvalue weighted by Gasteiger charge is -2.25. The highest BCUT2D eigenvalue weighted by atomic mass is 32.1. The van der Waals surface area contributed by atoms with E-state index in [9.17, 15) is 19.2 Å². The monoisotopic (exact) mass is 535 g/mol. The lowest BCUT2D eigenvalue weighted by atomic mass is 10.0. The molecule has 4 heterocycles. The highest BCUT2D eigenvalue weighted by Crippen LogP contribution is 2.30. The van der Waals surface area contributed by atoms with Crippen LogP contribution in [0.5, 0.6) is 0 Å². The summed E-state index contributed by atoms with van der Waals surface area (Å²) < 4.78 is 11.3. The van der Waals surface area contributed by atoms with Crippen LogP contribution in [-0.4, -0.2) is 55.9 Å². The second-order valence-electron chi connectivity index (χ2n) is 8.40. The van der Waals surface area contributed by atoms with E-state index in [0.29, 0.717) is 11.3 Å². The maximum absolute atomic E-state index is 13.5. The number of rotatable bonds is 8. The van der Waals surface area contributed by atoms with Crippen molar-refractivity contribution in [1.29, 1.82) is 0 Å². The van der Waals surface area contributed by atoms with Gasteiger partial charge in [-0.15, -0.1) is 11.3 Å². The number of hydrogen-bond donors (Lipinski definition) is 3. The van der Waals surface area contributed by atoms with Gasteiger partial charge in [-0.1, -0.05) is 24.3 Å². The molecule has 0 spiro atoms. The Morgan fingerprint density at radius 1 is 1.32 bits per heavy atom. The molecule has 194 valence electrons. The molecule has 0 radical (unpaired) electrons. The maximum Gasteiger partial charge on any atom is 0.355 e. The number of allylic oxidation sites excluding steroid dienone is 4. The van der Waals surface area contributed by atoms with Gasteiger partial charge in [-0.3, -0.25) is 14.6 Å². The van der Waals surface area contributed by atoms with Crippen LogP contribution in [0, 0.1) is 0 Å². The number of aromatic carboxylic acids is 1. The van der Waals surface area contributed by atoms with Gasteiger partial charge in [-0.25, -0.2) is 19.5 Å². The molecule has 5 rings (SSSR count). The summed E-state index contributed by atoms with van der Waals surface area (Å²) in [5.74, 6) is -2.18. The van der Waals surface area contributed by atoms with Crippen LogP contribution in [0.2, 0.25) is 0 Å². The second kappa shape index (κ2) is 10.7. The molecule has 3 aliphatic rings. The fourth-order valence-electron chi connectivity index (χ4n) is 4.06. The number of urea groups is 1. The van der Waals surface area contributed by atoms with Crippen molar-refractivity contribution in [2.24, 2.45) is 0 Å². The van der Waals surface area contributed by atoms with Gasteiger partial charge in [0, 0.05) is 24.2 Å². The van der Waals surface area contributed by atoms with Crippen LogP contribution in [0.4, 0.5) is 9.93 Å². The first kappa shape index (κ1) is 24.9. The number of hydrogen-bond acceptors (Lipinski definition) is 9. The van der Waals surface area contributed by atoms with Gasteiger partial charge in [0.1, 0.15) is 18.6 Å². The minimum atomic E-state index is -1.29. The van der Waals surface area contributed by atoms with Crippen molar-refractivity contribution in [2.75, 3.05) is 5.32 Å². The molecule has 0 aromatic carbocycles. The van der Waals surface area contributed by atoms with Gasteiger partial charge in [0.15, 0.2) is 28.4 Å². The van der Waals surface area contributed by atoms with Crippen molar-refractivity contribution >= 4 is 40.3 Å². The zero-order chi connectivity index (χ0) is 26.6. The largest absolute Gasteiger partial charge is 0.476 e. The van der Waals surface area contributed by atoms with E-state index in [4.69, 9.17) is 14.6 Å². The molecule has 2 aromatic rings. The first-order chi connectivity index (χ1) is 18.4. The van der Waals surface area contributed by atoms with Crippen LogP contribution < -0.4 is 10.6 Å². The standard InChI is InChI=1S/C25H21N5O7S/c31-21(29-24-27-16(13-38-24)23(33)34)17(9-14-5-4-8-26-10-14)30-22(32)20(28-25(30)35)19-12-36-11-18(37-19)15-6-2-1-3-7-15/h1-2,4-6,8,10-13,17,20H,3,7,9H2,(H,28,35)(H,33,34)(H,27,29,31)/t17-,20?/m0/s1. The number of pyridine rings is 1. The summed E-state index contributed by atoms with van der Waals surface area (Å²) in [4.78, 5) is 59.8. The van der Waals surface area contributed by atoms with E-state index >= 15 is 0 Å². The molecular weight excluding hydrogens is 514 g/mol. The van der Waals surface area contributed by atoms with Crippen molar-refractivity contribution in [3.63, 3.8) is 0 Å². The summed E-state index contributed by atoms with van der Waals surface area (Å²) in [6.07, 6.45) is 13.0. The van der Waals surface area contributed by atoms with Gasteiger partial charge in [0.2, 0.25) is 5.91 Å². The molecule has 38 heavy (non-hydrogen) atoms.